The Morgan fingerprint density at radius 3 is 2.54 bits per heavy atom. The first-order valence-corrected chi connectivity index (χ1v) is 11.2. The van der Waals surface area contributed by atoms with Crippen molar-refractivity contribution in [3.63, 3.8) is 0 Å². The Labute approximate surface area is 184 Å². The van der Waals surface area contributed by atoms with Crippen LogP contribution < -0.4 is 0 Å². The van der Waals surface area contributed by atoms with Crippen LogP contribution in [0.25, 0.3) is 0 Å². The van der Waals surface area contributed by atoms with Crippen molar-refractivity contribution < 1.29 is 9.18 Å². The first-order valence-electron chi connectivity index (χ1n) is 8.06. The number of rotatable bonds is 2. The molecule has 0 radical (unpaired) electrons. The number of carbonyl (C=O) groups excluding carboxylic acids is 1. The Hall–Kier alpha value is -1.25. The summed E-state index contributed by atoms with van der Waals surface area (Å²) in [6.07, 6.45) is 0. The molecule has 0 aromatic heterocycles. The molecule has 4 nitrogen and oxygen atoms in total. The molecule has 2 heterocycles. The normalized spacial score (nSPS) is 19.6. The van der Waals surface area contributed by atoms with Gasteiger partial charge < -0.3 is 0 Å². The van der Waals surface area contributed by atoms with Crippen molar-refractivity contribution in [1.82, 2.24) is 4.90 Å². The van der Waals surface area contributed by atoms with Crippen molar-refractivity contribution in [3.8, 4) is 0 Å². The van der Waals surface area contributed by atoms with Gasteiger partial charge in [0.1, 0.15) is 11.2 Å². The van der Waals surface area contributed by atoms with E-state index in [1.54, 1.807) is 11.0 Å². The Kier molecular flexibility index (Phi) is 5.90. The summed E-state index contributed by atoms with van der Waals surface area (Å²) in [4.78, 5) is 14.1. The summed E-state index contributed by atoms with van der Waals surface area (Å²) < 4.78 is 13.8. The molecule has 2 aliphatic heterocycles. The van der Waals surface area contributed by atoms with Crippen molar-refractivity contribution in [3.05, 3.63) is 68.4 Å². The minimum Gasteiger partial charge on any atom is -0.273 e. The fourth-order valence-corrected chi connectivity index (χ4v) is 5.80. The molecule has 1 fully saturated rings. The van der Waals surface area contributed by atoms with Crippen LogP contribution >= 0.6 is 58.3 Å². The monoisotopic (exact) mass is 473 g/mol. The number of hydrogen-bond donors (Lipinski definition) is 0. The molecule has 2 aliphatic rings. The van der Waals surface area contributed by atoms with Crippen LogP contribution in [0, 0.1) is 5.82 Å². The molecule has 1 saturated heterocycles. The number of nitrogens with zero attached hydrogens (tertiary/aromatic N) is 3. The summed E-state index contributed by atoms with van der Waals surface area (Å²) in [5.41, 5.74) is 1.80. The van der Waals surface area contributed by atoms with Gasteiger partial charge in [-0.25, -0.2) is 4.39 Å². The molecular weight excluding hydrogens is 464 g/mol. The standard InChI is InChI=1S/C18H11Cl3FN3OS2/c19-11-4-2-1-3-9(11)17-25(16(26)8-27-17)18-24-23-15(7-28-18)10-5-14(22)13(21)6-12(10)20/h1-6,17H,7-8H2. The fraction of sp³-hybridized carbons (Fsp3) is 0.167. The van der Waals surface area contributed by atoms with Gasteiger partial charge in [0.25, 0.3) is 0 Å². The predicted octanol–water partition coefficient (Wildman–Crippen LogP) is 5.87. The van der Waals surface area contributed by atoms with E-state index in [4.69, 9.17) is 34.8 Å². The van der Waals surface area contributed by atoms with Gasteiger partial charge in [0.15, 0.2) is 5.17 Å². The molecule has 0 aliphatic carbocycles. The molecule has 4 rings (SSSR count). The van der Waals surface area contributed by atoms with Gasteiger partial charge in [0.2, 0.25) is 5.91 Å². The lowest BCUT2D eigenvalue weighted by molar-refractivity contribution is -0.124. The van der Waals surface area contributed by atoms with Crippen molar-refractivity contribution in [2.45, 2.75) is 5.37 Å². The maximum absolute atomic E-state index is 13.8. The van der Waals surface area contributed by atoms with Crippen LogP contribution in [-0.4, -0.2) is 33.2 Å². The van der Waals surface area contributed by atoms with Crippen molar-refractivity contribution in [2.24, 2.45) is 10.2 Å². The quantitative estimate of drug-likeness (QED) is 0.512. The molecule has 0 spiro atoms. The average Bonchev–Trinajstić information content (AvgIpc) is 3.06. The van der Waals surface area contributed by atoms with E-state index in [-0.39, 0.29) is 16.3 Å². The Bertz CT molecular complexity index is 1030. The fourth-order valence-electron chi connectivity index (χ4n) is 2.82. The van der Waals surface area contributed by atoms with Gasteiger partial charge in [-0.05, 0) is 18.2 Å². The lowest BCUT2D eigenvalue weighted by Crippen LogP contribution is -2.34. The third-order valence-corrected chi connectivity index (χ3v) is 7.26. The molecule has 1 unspecified atom stereocenters. The summed E-state index contributed by atoms with van der Waals surface area (Å²) in [5.74, 6) is 0.0904. The SMILES string of the molecule is O=C1CSC(c2ccccc2Cl)N1C1=NN=C(c2cc(F)c(Cl)cc2Cl)CS1. The Morgan fingerprint density at radius 1 is 1.04 bits per heavy atom. The molecule has 0 N–H and O–H groups in total. The summed E-state index contributed by atoms with van der Waals surface area (Å²) in [7, 11) is 0. The van der Waals surface area contributed by atoms with Crippen molar-refractivity contribution in [2.75, 3.05) is 11.5 Å². The number of amides is 1. The van der Waals surface area contributed by atoms with Gasteiger partial charge in [0, 0.05) is 21.9 Å². The van der Waals surface area contributed by atoms with E-state index in [2.05, 4.69) is 10.2 Å². The van der Waals surface area contributed by atoms with E-state index in [9.17, 15) is 9.18 Å². The molecular formula is C18H11Cl3FN3OS2. The second kappa shape index (κ2) is 8.24. The first-order chi connectivity index (χ1) is 13.5. The molecule has 0 saturated carbocycles. The largest absolute Gasteiger partial charge is 0.273 e. The van der Waals surface area contributed by atoms with Gasteiger partial charge in [-0.15, -0.1) is 16.9 Å². The highest BCUT2D eigenvalue weighted by Crippen LogP contribution is 2.43. The lowest BCUT2D eigenvalue weighted by Gasteiger charge is -2.26. The Balaban J connectivity index is 1.66. The molecule has 0 bridgehead atoms. The predicted molar refractivity (Wildman–Crippen MR) is 116 cm³/mol. The van der Waals surface area contributed by atoms with Gasteiger partial charge in [-0.1, -0.05) is 64.8 Å². The van der Waals surface area contributed by atoms with Crippen LogP contribution in [0.1, 0.15) is 16.5 Å². The molecule has 1 amide bonds. The summed E-state index contributed by atoms with van der Waals surface area (Å²) in [6.45, 7) is 0. The van der Waals surface area contributed by atoms with Crippen LogP contribution in [0.2, 0.25) is 15.1 Å². The summed E-state index contributed by atoms with van der Waals surface area (Å²) >= 11 is 21.1. The number of amidine groups is 1. The zero-order valence-corrected chi connectivity index (χ0v) is 17.9. The average molecular weight is 475 g/mol. The molecule has 2 aromatic carbocycles. The van der Waals surface area contributed by atoms with Crippen LogP contribution in [0.3, 0.4) is 0 Å². The van der Waals surface area contributed by atoms with Crippen LogP contribution in [0.4, 0.5) is 4.39 Å². The topological polar surface area (TPSA) is 45.0 Å². The second-order valence-corrected chi connectivity index (χ2v) is 9.15. The van der Waals surface area contributed by atoms with Gasteiger partial charge in [0.05, 0.1) is 21.5 Å². The lowest BCUT2D eigenvalue weighted by atomic mass is 10.1. The van der Waals surface area contributed by atoms with E-state index in [0.717, 1.165) is 5.56 Å². The zero-order valence-electron chi connectivity index (χ0n) is 14.0. The van der Waals surface area contributed by atoms with E-state index in [1.807, 2.05) is 18.2 Å². The van der Waals surface area contributed by atoms with Crippen molar-refractivity contribution in [1.29, 1.82) is 0 Å². The van der Waals surface area contributed by atoms with Gasteiger partial charge in [-0.3, -0.25) is 9.69 Å². The molecule has 10 heteroatoms. The number of thioether (sulfide) groups is 2. The minimum atomic E-state index is -0.576. The van der Waals surface area contributed by atoms with Crippen LogP contribution in [-0.2, 0) is 4.79 Å². The summed E-state index contributed by atoms with van der Waals surface area (Å²) in [5, 5.41) is 9.47. The van der Waals surface area contributed by atoms with Crippen LogP contribution in [0.5, 0.6) is 0 Å². The second-order valence-electron chi connectivity index (χ2n) is 5.91. The third-order valence-electron chi connectivity index (χ3n) is 4.16. The minimum absolute atomic E-state index is 0.0516. The van der Waals surface area contributed by atoms with E-state index in [0.29, 0.717) is 38.0 Å². The highest BCUT2D eigenvalue weighted by molar-refractivity contribution is 8.14. The third kappa shape index (κ3) is 3.78. The van der Waals surface area contributed by atoms with Crippen LogP contribution in [0.15, 0.2) is 46.6 Å². The number of hydrogen-bond acceptors (Lipinski definition) is 5. The highest BCUT2D eigenvalue weighted by Gasteiger charge is 2.38. The molecule has 28 heavy (non-hydrogen) atoms. The highest BCUT2D eigenvalue weighted by atomic mass is 35.5. The van der Waals surface area contributed by atoms with Gasteiger partial charge >= 0.3 is 0 Å². The molecule has 1 atom stereocenters. The van der Waals surface area contributed by atoms with E-state index >= 15 is 0 Å². The number of halogens is 4. The first kappa shape index (κ1) is 20.0. The van der Waals surface area contributed by atoms with E-state index in [1.165, 1.54) is 35.7 Å². The van der Waals surface area contributed by atoms with E-state index < -0.39 is 5.82 Å². The zero-order chi connectivity index (χ0) is 19.8. The summed E-state index contributed by atoms with van der Waals surface area (Å²) in [6, 6.07) is 10.00. The Morgan fingerprint density at radius 2 is 1.82 bits per heavy atom. The number of benzene rings is 2. The number of carbonyl (C=O) groups is 1. The van der Waals surface area contributed by atoms with Gasteiger partial charge in [-0.2, -0.15) is 5.10 Å². The maximum Gasteiger partial charge on any atom is 0.239 e. The van der Waals surface area contributed by atoms with Crippen molar-refractivity contribution >= 4 is 75.1 Å². The smallest absolute Gasteiger partial charge is 0.239 e. The maximum atomic E-state index is 13.8. The molecule has 2 aromatic rings. The molecule has 144 valence electrons.